The molecular formula is C21H18ClFN6O. The van der Waals surface area contributed by atoms with Crippen LogP contribution in [0.2, 0.25) is 5.02 Å². The molecule has 0 unspecified atom stereocenters. The summed E-state index contributed by atoms with van der Waals surface area (Å²) in [5, 5.41) is 19.1. The van der Waals surface area contributed by atoms with Crippen molar-refractivity contribution in [1.29, 1.82) is 0 Å². The number of nitrogens with one attached hydrogen (secondary N) is 3. The van der Waals surface area contributed by atoms with E-state index in [1.165, 1.54) is 23.8 Å². The van der Waals surface area contributed by atoms with Crippen LogP contribution in [0.15, 0.2) is 65.9 Å². The molecule has 152 valence electrons. The zero-order chi connectivity index (χ0) is 20.9. The van der Waals surface area contributed by atoms with Crippen molar-refractivity contribution in [2.45, 2.75) is 13.1 Å². The summed E-state index contributed by atoms with van der Waals surface area (Å²) in [4.78, 5) is 12.0. The van der Waals surface area contributed by atoms with Gasteiger partial charge in [0.25, 0.3) is 0 Å². The smallest absolute Gasteiger partial charge is 0.179 e. The topological polar surface area (TPSA) is 98.2 Å². The third kappa shape index (κ3) is 4.40. The molecule has 0 saturated carbocycles. The summed E-state index contributed by atoms with van der Waals surface area (Å²) in [5.74, 6) is 0.317. The summed E-state index contributed by atoms with van der Waals surface area (Å²) in [7, 11) is 0. The van der Waals surface area contributed by atoms with Gasteiger partial charge in [-0.15, -0.1) is 0 Å². The van der Waals surface area contributed by atoms with E-state index in [4.69, 9.17) is 11.6 Å². The summed E-state index contributed by atoms with van der Waals surface area (Å²) in [6, 6.07) is 15.9. The highest BCUT2D eigenvalue weighted by Gasteiger charge is 2.14. The van der Waals surface area contributed by atoms with Crippen molar-refractivity contribution in [2.75, 3.05) is 5.32 Å². The number of rotatable bonds is 6. The molecule has 2 heterocycles. The average Bonchev–Trinajstić information content (AvgIpc) is 3.18. The van der Waals surface area contributed by atoms with Crippen molar-refractivity contribution >= 4 is 34.3 Å². The number of fused-ring (bicyclic) bond motifs is 1. The van der Waals surface area contributed by atoms with Gasteiger partial charge < -0.3 is 20.8 Å². The van der Waals surface area contributed by atoms with Crippen LogP contribution in [0.3, 0.4) is 0 Å². The molecule has 2 aromatic heterocycles. The molecule has 4 rings (SSSR count). The maximum atomic E-state index is 13.4. The lowest BCUT2D eigenvalue weighted by Gasteiger charge is -2.09. The number of benzene rings is 2. The quantitative estimate of drug-likeness (QED) is 0.160. The summed E-state index contributed by atoms with van der Waals surface area (Å²) < 4.78 is 13.4. The van der Waals surface area contributed by atoms with Crippen LogP contribution < -0.4 is 10.6 Å². The van der Waals surface area contributed by atoms with Crippen LogP contribution >= 0.6 is 11.6 Å². The van der Waals surface area contributed by atoms with Gasteiger partial charge >= 0.3 is 0 Å². The Kier molecular flexibility index (Phi) is 5.87. The lowest BCUT2D eigenvalue weighted by Crippen LogP contribution is -2.15. The second-order valence-electron chi connectivity index (χ2n) is 6.53. The van der Waals surface area contributed by atoms with Gasteiger partial charge in [-0.2, -0.15) is 0 Å². The minimum atomic E-state index is -0.530. The van der Waals surface area contributed by atoms with Crippen molar-refractivity contribution < 1.29 is 9.60 Å². The summed E-state index contributed by atoms with van der Waals surface area (Å²) >= 11 is 5.83. The SMILES string of the molecule is O/N=C(\Nc1ccc(F)c(Cl)c1)c1ccnc2nc(CNCc3ccccc3)[nH]c12. The van der Waals surface area contributed by atoms with E-state index < -0.39 is 5.82 Å². The summed E-state index contributed by atoms with van der Waals surface area (Å²) in [6.45, 7) is 1.21. The first kappa shape index (κ1) is 19.8. The predicted molar refractivity (Wildman–Crippen MR) is 114 cm³/mol. The molecule has 0 aliphatic carbocycles. The Balaban J connectivity index is 1.54. The van der Waals surface area contributed by atoms with E-state index in [1.54, 1.807) is 12.3 Å². The number of imidazole rings is 1. The number of nitrogens with zero attached hydrogens (tertiary/aromatic N) is 3. The van der Waals surface area contributed by atoms with Crippen molar-refractivity contribution in [1.82, 2.24) is 20.3 Å². The van der Waals surface area contributed by atoms with Gasteiger partial charge in [0, 0.05) is 24.0 Å². The number of H-pyrrole nitrogens is 1. The summed E-state index contributed by atoms with van der Waals surface area (Å²) in [5.41, 5.74) is 3.31. The number of pyridine rings is 1. The monoisotopic (exact) mass is 424 g/mol. The zero-order valence-corrected chi connectivity index (χ0v) is 16.5. The molecule has 0 spiro atoms. The van der Waals surface area contributed by atoms with Gasteiger partial charge in [-0.1, -0.05) is 47.1 Å². The Morgan fingerprint density at radius 3 is 2.73 bits per heavy atom. The largest absolute Gasteiger partial charge is 0.409 e. The van der Waals surface area contributed by atoms with Crippen LogP contribution in [0.1, 0.15) is 17.0 Å². The average molecular weight is 425 g/mol. The van der Waals surface area contributed by atoms with Crippen LogP contribution in [0, 0.1) is 5.82 Å². The summed E-state index contributed by atoms with van der Waals surface area (Å²) in [6.07, 6.45) is 1.57. The van der Waals surface area contributed by atoms with Gasteiger partial charge in [-0.05, 0) is 29.8 Å². The van der Waals surface area contributed by atoms with Gasteiger partial charge in [0.2, 0.25) is 0 Å². The lowest BCUT2D eigenvalue weighted by molar-refractivity contribution is 0.319. The molecule has 9 heteroatoms. The Morgan fingerprint density at radius 1 is 1.13 bits per heavy atom. The molecule has 0 fully saturated rings. The lowest BCUT2D eigenvalue weighted by atomic mass is 10.2. The van der Waals surface area contributed by atoms with Gasteiger partial charge in [0.15, 0.2) is 11.5 Å². The fraction of sp³-hybridized carbons (Fsp3) is 0.0952. The molecule has 0 bridgehead atoms. The zero-order valence-electron chi connectivity index (χ0n) is 15.7. The molecule has 0 aliphatic rings. The fourth-order valence-corrected chi connectivity index (χ4v) is 3.20. The minimum Gasteiger partial charge on any atom is -0.409 e. The fourth-order valence-electron chi connectivity index (χ4n) is 3.02. The first-order chi connectivity index (χ1) is 14.6. The highest BCUT2D eigenvalue weighted by Crippen LogP contribution is 2.21. The molecule has 30 heavy (non-hydrogen) atoms. The maximum Gasteiger partial charge on any atom is 0.179 e. The number of anilines is 1. The van der Waals surface area contributed by atoms with E-state index in [2.05, 4.69) is 30.7 Å². The molecule has 0 aliphatic heterocycles. The normalized spacial score (nSPS) is 11.7. The molecule has 7 nitrogen and oxygen atoms in total. The van der Waals surface area contributed by atoms with Gasteiger partial charge in [0.05, 0.1) is 17.1 Å². The number of hydrogen-bond acceptors (Lipinski definition) is 5. The van der Waals surface area contributed by atoms with Gasteiger partial charge in [-0.25, -0.2) is 14.4 Å². The molecule has 2 aromatic carbocycles. The number of halogens is 2. The number of amidine groups is 1. The van der Waals surface area contributed by atoms with Crippen LogP contribution in [0.5, 0.6) is 0 Å². The number of oxime groups is 1. The minimum absolute atomic E-state index is 0.0366. The Morgan fingerprint density at radius 2 is 1.97 bits per heavy atom. The molecule has 4 N–H and O–H groups in total. The second-order valence-corrected chi connectivity index (χ2v) is 6.94. The molecular weight excluding hydrogens is 407 g/mol. The number of aromatic nitrogens is 3. The Bertz CT molecular complexity index is 1190. The van der Waals surface area contributed by atoms with Gasteiger partial charge in [-0.3, -0.25) is 0 Å². The standard InChI is InChI=1S/C21H18ClFN6O/c22-16-10-14(6-7-17(16)23)26-20(29-30)15-8-9-25-21-19(15)27-18(28-21)12-24-11-13-4-2-1-3-5-13/h1-10,24,30H,11-12H2,(H,26,29)(H,25,27,28). The molecule has 0 radical (unpaired) electrons. The van der Waals surface area contributed by atoms with Crippen molar-refractivity contribution in [2.24, 2.45) is 5.16 Å². The molecule has 0 amide bonds. The highest BCUT2D eigenvalue weighted by atomic mass is 35.5. The van der Waals surface area contributed by atoms with E-state index in [0.717, 1.165) is 0 Å². The third-order valence-electron chi connectivity index (χ3n) is 4.44. The van der Waals surface area contributed by atoms with Gasteiger partial charge in [0.1, 0.15) is 11.6 Å². The second kappa shape index (κ2) is 8.89. The first-order valence-corrected chi connectivity index (χ1v) is 9.54. The number of aromatic amines is 1. The van der Waals surface area contributed by atoms with Crippen LogP contribution in [0.4, 0.5) is 10.1 Å². The molecule has 0 saturated heterocycles. The maximum absolute atomic E-state index is 13.4. The van der Waals surface area contributed by atoms with Crippen LogP contribution in [-0.4, -0.2) is 26.0 Å². The number of hydrogen-bond donors (Lipinski definition) is 4. The van der Waals surface area contributed by atoms with E-state index >= 15 is 0 Å². The van der Waals surface area contributed by atoms with E-state index in [1.807, 2.05) is 30.3 Å². The van der Waals surface area contributed by atoms with Crippen molar-refractivity contribution in [3.8, 4) is 0 Å². The molecule has 4 aromatic rings. The van der Waals surface area contributed by atoms with E-state index in [0.29, 0.717) is 41.3 Å². The van der Waals surface area contributed by atoms with E-state index in [-0.39, 0.29) is 10.9 Å². The third-order valence-corrected chi connectivity index (χ3v) is 4.73. The van der Waals surface area contributed by atoms with Crippen molar-refractivity contribution in [3.63, 3.8) is 0 Å². The Labute approximate surface area is 176 Å². The molecule has 0 atom stereocenters. The highest BCUT2D eigenvalue weighted by molar-refractivity contribution is 6.31. The van der Waals surface area contributed by atoms with Crippen LogP contribution in [0.25, 0.3) is 11.2 Å². The van der Waals surface area contributed by atoms with Crippen molar-refractivity contribution in [3.05, 3.63) is 88.6 Å². The van der Waals surface area contributed by atoms with E-state index in [9.17, 15) is 9.60 Å². The predicted octanol–water partition coefficient (Wildman–Crippen LogP) is 4.29. The van der Waals surface area contributed by atoms with Crippen LogP contribution in [-0.2, 0) is 13.1 Å². The first-order valence-electron chi connectivity index (χ1n) is 9.17. The Hall–Kier alpha value is -3.49.